The number of nitrogens with two attached hydrogens (primary N) is 1. The van der Waals surface area contributed by atoms with Gasteiger partial charge in [-0.3, -0.25) is 9.20 Å². The van der Waals surface area contributed by atoms with Crippen molar-refractivity contribution < 1.29 is 4.39 Å². The number of halogens is 1. The standard InChI is InChI=1S/C9H7FN2O/c10-6-1-2-7-3-4-8(11)9(13)12(7)5-6/h1-5H,11H2. The Morgan fingerprint density at radius 2 is 1.92 bits per heavy atom. The minimum atomic E-state index is -0.458. The summed E-state index contributed by atoms with van der Waals surface area (Å²) in [6.07, 6.45) is 1.12. The van der Waals surface area contributed by atoms with E-state index >= 15 is 0 Å². The van der Waals surface area contributed by atoms with Gasteiger partial charge >= 0.3 is 0 Å². The van der Waals surface area contributed by atoms with Gasteiger partial charge in [-0.25, -0.2) is 4.39 Å². The maximum absolute atomic E-state index is 12.7. The molecule has 0 bridgehead atoms. The molecule has 0 spiro atoms. The molecule has 0 aliphatic heterocycles. The van der Waals surface area contributed by atoms with E-state index in [2.05, 4.69) is 0 Å². The Morgan fingerprint density at radius 1 is 1.23 bits per heavy atom. The third kappa shape index (κ3) is 1.16. The molecular formula is C9H7FN2O. The highest BCUT2D eigenvalue weighted by Crippen LogP contribution is 2.04. The molecule has 4 heteroatoms. The number of nitrogens with zero attached hydrogens (tertiary/aromatic N) is 1. The Balaban J connectivity index is 2.97. The lowest BCUT2D eigenvalue weighted by Crippen LogP contribution is -2.16. The molecule has 2 aromatic heterocycles. The van der Waals surface area contributed by atoms with Crippen molar-refractivity contribution >= 4 is 11.2 Å². The fraction of sp³-hybridized carbons (Fsp3) is 0. The molecule has 0 amide bonds. The highest BCUT2D eigenvalue weighted by molar-refractivity contribution is 5.51. The lowest BCUT2D eigenvalue weighted by molar-refractivity contribution is 0.618. The lowest BCUT2D eigenvalue weighted by Gasteiger charge is -2.00. The summed E-state index contributed by atoms with van der Waals surface area (Å²) in [5.41, 5.74) is 5.73. The molecule has 0 radical (unpaired) electrons. The van der Waals surface area contributed by atoms with Crippen LogP contribution in [0.1, 0.15) is 0 Å². The molecule has 0 saturated heterocycles. The summed E-state index contributed by atoms with van der Waals surface area (Å²) >= 11 is 0. The van der Waals surface area contributed by atoms with E-state index in [4.69, 9.17) is 5.73 Å². The van der Waals surface area contributed by atoms with Crippen LogP contribution < -0.4 is 11.3 Å². The van der Waals surface area contributed by atoms with E-state index in [0.29, 0.717) is 5.52 Å². The number of pyridine rings is 2. The molecule has 2 rings (SSSR count). The summed E-state index contributed by atoms with van der Waals surface area (Å²) in [4.78, 5) is 11.4. The highest BCUT2D eigenvalue weighted by Gasteiger charge is 1.99. The fourth-order valence-corrected chi connectivity index (χ4v) is 1.18. The third-order valence-corrected chi connectivity index (χ3v) is 1.84. The van der Waals surface area contributed by atoms with Crippen LogP contribution in [-0.2, 0) is 0 Å². The molecular weight excluding hydrogens is 171 g/mol. The number of hydrogen-bond acceptors (Lipinski definition) is 2. The van der Waals surface area contributed by atoms with Gasteiger partial charge in [-0.2, -0.15) is 0 Å². The third-order valence-electron chi connectivity index (χ3n) is 1.84. The van der Waals surface area contributed by atoms with Gasteiger partial charge in [0.2, 0.25) is 0 Å². The van der Waals surface area contributed by atoms with E-state index in [0.717, 1.165) is 6.20 Å². The number of nitrogen functional groups attached to an aromatic ring is 1. The van der Waals surface area contributed by atoms with Crippen molar-refractivity contribution in [3.05, 3.63) is 46.6 Å². The van der Waals surface area contributed by atoms with Crippen molar-refractivity contribution in [3.63, 3.8) is 0 Å². The first-order chi connectivity index (χ1) is 6.18. The van der Waals surface area contributed by atoms with Gasteiger partial charge in [0, 0.05) is 11.7 Å². The molecule has 13 heavy (non-hydrogen) atoms. The van der Waals surface area contributed by atoms with Crippen molar-refractivity contribution in [2.75, 3.05) is 5.73 Å². The number of aromatic nitrogens is 1. The predicted molar refractivity (Wildman–Crippen MR) is 48.0 cm³/mol. The van der Waals surface area contributed by atoms with Crippen LogP contribution in [0.5, 0.6) is 0 Å². The Kier molecular flexibility index (Phi) is 1.55. The molecule has 2 N–H and O–H groups in total. The van der Waals surface area contributed by atoms with E-state index in [9.17, 15) is 9.18 Å². The van der Waals surface area contributed by atoms with Gasteiger partial charge in [0.05, 0.1) is 5.69 Å². The second-order valence-electron chi connectivity index (χ2n) is 2.74. The summed E-state index contributed by atoms with van der Waals surface area (Å²) in [6, 6.07) is 5.99. The zero-order valence-corrected chi connectivity index (χ0v) is 6.70. The molecule has 2 heterocycles. The average Bonchev–Trinajstić information content (AvgIpc) is 2.12. The largest absolute Gasteiger partial charge is 0.394 e. The maximum atomic E-state index is 12.7. The smallest absolute Gasteiger partial charge is 0.278 e. The normalized spacial score (nSPS) is 10.5. The van der Waals surface area contributed by atoms with Gasteiger partial charge in [0.25, 0.3) is 5.56 Å². The van der Waals surface area contributed by atoms with Gasteiger partial charge in [-0.05, 0) is 24.3 Å². The molecule has 0 atom stereocenters. The summed E-state index contributed by atoms with van der Waals surface area (Å²) in [7, 11) is 0. The van der Waals surface area contributed by atoms with Crippen LogP contribution in [0.4, 0.5) is 10.1 Å². The molecule has 0 saturated carbocycles. The van der Waals surface area contributed by atoms with Crippen LogP contribution in [-0.4, -0.2) is 4.40 Å². The van der Waals surface area contributed by atoms with E-state index in [1.165, 1.54) is 22.6 Å². The summed E-state index contributed by atoms with van der Waals surface area (Å²) in [5.74, 6) is -0.458. The van der Waals surface area contributed by atoms with Gasteiger partial charge < -0.3 is 5.73 Å². The van der Waals surface area contributed by atoms with Crippen LogP contribution in [0, 0.1) is 5.82 Å². The average molecular weight is 178 g/mol. The first-order valence-electron chi connectivity index (χ1n) is 3.75. The number of hydrogen-bond donors (Lipinski definition) is 1. The quantitative estimate of drug-likeness (QED) is 0.654. The zero-order valence-electron chi connectivity index (χ0n) is 6.70. The maximum Gasteiger partial charge on any atom is 0.278 e. The van der Waals surface area contributed by atoms with Crippen LogP contribution in [0.3, 0.4) is 0 Å². The van der Waals surface area contributed by atoms with E-state index < -0.39 is 11.4 Å². The topological polar surface area (TPSA) is 47.5 Å². The number of fused-ring (bicyclic) bond motifs is 1. The minimum absolute atomic E-state index is 0.114. The lowest BCUT2D eigenvalue weighted by atomic mass is 10.3. The first-order valence-corrected chi connectivity index (χ1v) is 3.75. The molecule has 0 aromatic carbocycles. The molecule has 0 unspecified atom stereocenters. The summed E-state index contributed by atoms with van der Waals surface area (Å²) in [5, 5.41) is 0. The molecule has 0 fully saturated rings. The van der Waals surface area contributed by atoms with Crippen LogP contribution in [0.25, 0.3) is 5.52 Å². The van der Waals surface area contributed by atoms with E-state index in [-0.39, 0.29) is 5.69 Å². The Bertz CT molecular complexity index is 513. The van der Waals surface area contributed by atoms with Crippen molar-refractivity contribution in [1.82, 2.24) is 4.40 Å². The Labute approximate surface area is 73.2 Å². The van der Waals surface area contributed by atoms with Crippen molar-refractivity contribution in [1.29, 1.82) is 0 Å². The Morgan fingerprint density at radius 3 is 2.69 bits per heavy atom. The zero-order chi connectivity index (χ0) is 9.42. The SMILES string of the molecule is Nc1ccc2ccc(F)cn2c1=O. The summed E-state index contributed by atoms with van der Waals surface area (Å²) in [6.45, 7) is 0. The number of rotatable bonds is 0. The van der Waals surface area contributed by atoms with E-state index in [1.807, 2.05) is 0 Å². The minimum Gasteiger partial charge on any atom is -0.394 e. The highest BCUT2D eigenvalue weighted by atomic mass is 19.1. The van der Waals surface area contributed by atoms with Crippen LogP contribution in [0.2, 0.25) is 0 Å². The van der Waals surface area contributed by atoms with Crippen LogP contribution in [0.15, 0.2) is 35.3 Å². The first kappa shape index (κ1) is 7.79. The van der Waals surface area contributed by atoms with Crippen molar-refractivity contribution in [3.8, 4) is 0 Å². The predicted octanol–water partition coefficient (Wildman–Crippen LogP) is 1.02. The van der Waals surface area contributed by atoms with Crippen molar-refractivity contribution in [2.45, 2.75) is 0 Å². The van der Waals surface area contributed by atoms with Crippen LogP contribution >= 0.6 is 0 Å². The molecule has 2 aromatic rings. The fourth-order valence-electron chi connectivity index (χ4n) is 1.18. The molecule has 3 nitrogen and oxygen atoms in total. The second kappa shape index (κ2) is 2.58. The second-order valence-corrected chi connectivity index (χ2v) is 2.74. The van der Waals surface area contributed by atoms with E-state index in [1.54, 1.807) is 6.07 Å². The molecule has 0 aliphatic carbocycles. The van der Waals surface area contributed by atoms with Gasteiger partial charge in [-0.15, -0.1) is 0 Å². The van der Waals surface area contributed by atoms with Gasteiger partial charge in [0.15, 0.2) is 0 Å². The van der Waals surface area contributed by atoms with Gasteiger partial charge in [-0.1, -0.05) is 0 Å². The molecule has 66 valence electrons. The Hall–Kier alpha value is -1.84. The monoisotopic (exact) mass is 178 g/mol. The number of anilines is 1. The summed E-state index contributed by atoms with van der Waals surface area (Å²) < 4.78 is 13.9. The molecule has 0 aliphatic rings. The van der Waals surface area contributed by atoms with Crippen molar-refractivity contribution in [2.24, 2.45) is 0 Å². The van der Waals surface area contributed by atoms with Gasteiger partial charge in [0.1, 0.15) is 5.82 Å².